The van der Waals surface area contributed by atoms with Crippen LogP contribution in [0.2, 0.25) is 0 Å². The maximum absolute atomic E-state index is 5.93. The first-order valence-corrected chi connectivity index (χ1v) is 6.23. The molecule has 1 heterocycles. The number of nitrogens with one attached hydrogen (secondary N) is 1. The highest BCUT2D eigenvalue weighted by molar-refractivity contribution is 5.21. The van der Waals surface area contributed by atoms with Crippen LogP contribution in [0.15, 0.2) is 30.3 Å². The first-order valence-electron chi connectivity index (χ1n) is 6.23. The van der Waals surface area contributed by atoms with Gasteiger partial charge in [0.2, 0.25) is 0 Å². The van der Waals surface area contributed by atoms with Gasteiger partial charge in [0.05, 0.1) is 0 Å². The van der Waals surface area contributed by atoms with Gasteiger partial charge in [0.25, 0.3) is 0 Å². The predicted octanol–water partition coefficient (Wildman–Crippen LogP) is 2.32. The van der Waals surface area contributed by atoms with E-state index in [2.05, 4.69) is 49.5 Å². The van der Waals surface area contributed by atoms with E-state index >= 15 is 0 Å². The van der Waals surface area contributed by atoms with E-state index in [1.807, 2.05) is 0 Å². The van der Waals surface area contributed by atoms with Crippen molar-refractivity contribution in [2.75, 3.05) is 6.54 Å². The van der Waals surface area contributed by atoms with Gasteiger partial charge in [-0.25, -0.2) is 0 Å². The summed E-state index contributed by atoms with van der Waals surface area (Å²) in [5, 5.41) is 3.68. The third-order valence-corrected chi connectivity index (χ3v) is 3.78. The summed E-state index contributed by atoms with van der Waals surface area (Å²) in [4.78, 5) is 0. The van der Waals surface area contributed by atoms with Crippen molar-refractivity contribution in [3.8, 4) is 0 Å². The lowest BCUT2D eigenvalue weighted by Crippen LogP contribution is -2.46. The lowest BCUT2D eigenvalue weighted by atomic mass is 9.77. The smallest absolute Gasteiger partial charge is 0.0365 e. The van der Waals surface area contributed by atoms with Gasteiger partial charge >= 0.3 is 0 Å². The average molecular weight is 218 g/mol. The molecule has 0 aromatic heterocycles. The fourth-order valence-electron chi connectivity index (χ4n) is 2.93. The van der Waals surface area contributed by atoms with Crippen LogP contribution in [0.5, 0.6) is 0 Å². The Bertz CT molecular complexity index is 323. The van der Waals surface area contributed by atoms with Crippen molar-refractivity contribution >= 4 is 0 Å². The summed E-state index contributed by atoms with van der Waals surface area (Å²) < 4.78 is 0. The molecule has 1 aliphatic heterocycles. The van der Waals surface area contributed by atoms with E-state index in [0.717, 1.165) is 6.54 Å². The summed E-state index contributed by atoms with van der Waals surface area (Å²) in [5.74, 6) is 1.25. The van der Waals surface area contributed by atoms with Crippen LogP contribution in [0.1, 0.15) is 31.9 Å². The van der Waals surface area contributed by atoms with E-state index < -0.39 is 0 Å². The number of benzene rings is 1. The van der Waals surface area contributed by atoms with Crippen molar-refractivity contribution in [2.24, 2.45) is 17.6 Å². The second kappa shape index (κ2) is 4.98. The lowest BCUT2D eigenvalue weighted by molar-refractivity contribution is 0.174. The Hall–Kier alpha value is -0.860. The van der Waals surface area contributed by atoms with E-state index in [1.54, 1.807) is 0 Å². The number of hydrogen-bond donors (Lipinski definition) is 2. The van der Waals surface area contributed by atoms with Crippen LogP contribution in [-0.2, 0) is 0 Å². The highest BCUT2D eigenvalue weighted by Gasteiger charge is 2.33. The Kier molecular flexibility index (Phi) is 3.62. The average Bonchev–Trinajstić information content (AvgIpc) is 2.29. The summed E-state index contributed by atoms with van der Waals surface area (Å²) in [6.45, 7) is 5.35. The van der Waals surface area contributed by atoms with Gasteiger partial charge in [-0.05, 0) is 37.3 Å². The second-order valence-corrected chi connectivity index (χ2v) is 5.07. The summed E-state index contributed by atoms with van der Waals surface area (Å²) in [5.41, 5.74) is 7.30. The van der Waals surface area contributed by atoms with E-state index in [4.69, 9.17) is 5.73 Å². The molecule has 0 amide bonds. The van der Waals surface area contributed by atoms with Crippen molar-refractivity contribution in [1.29, 1.82) is 0 Å². The Labute approximate surface area is 98.2 Å². The highest BCUT2D eigenvalue weighted by atomic mass is 15.0. The van der Waals surface area contributed by atoms with Gasteiger partial charge in [0.1, 0.15) is 0 Å². The van der Waals surface area contributed by atoms with Crippen molar-refractivity contribution < 1.29 is 0 Å². The molecule has 1 aromatic carbocycles. The molecule has 0 bridgehead atoms. The van der Waals surface area contributed by atoms with E-state index in [1.165, 1.54) is 12.0 Å². The molecule has 4 atom stereocenters. The third-order valence-electron chi connectivity index (χ3n) is 3.78. The molecule has 4 unspecified atom stereocenters. The third kappa shape index (κ3) is 2.28. The van der Waals surface area contributed by atoms with Gasteiger partial charge in [-0.3, -0.25) is 0 Å². The Balaban J connectivity index is 2.23. The van der Waals surface area contributed by atoms with Crippen LogP contribution in [0.3, 0.4) is 0 Å². The van der Waals surface area contributed by atoms with Crippen LogP contribution < -0.4 is 11.1 Å². The fourth-order valence-corrected chi connectivity index (χ4v) is 2.93. The molecular formula is C14H22N2. The monoisotopic (exact) mass is 218 g/mol. The standard InChI is InChI=1S/C14H22N2/c1-10-8-11(2)16-14(13(10)9-15)12-6-4-3-5-7-12/h3-7,10-11,13-14,16H,8-9,15H2,1-2H3. The minimum atomic E-state index is 0.421. The molecule has 2 rings (SSSR count). The topological polar surface area (TPSA) is 38.0 Å². The molecule has 2 heteroatoms. The molecule has 0 radical (unpaired) electrons. The minimum Gasteiger partial charge on any atom is -0.330 e. The van der Waals surface area contributed by atoms with Crippen molar-refractivity contribution in [3.05, 3.63) is 35.9 Å². The van der Waals surface area contributed by atoms with Crippen LogP contribution in [0.25, 0.3) is 0 Å². The maximum Gasteiger partial charge on any atom is 0.0365 e. The van der Waals surface area contributed by atoms with E-state index in [0.29, 0.717) is 23.9 Å². The quantitative estimate of drug-likeness (QED) is 0.799. The fraction of sp³-hybridized carbons (Fsp3) is 0.571. The molecule has 3 N–H and O–H groups in total. The van der Waals surface area contributed by atoms with Gasteiger partial charge in [0, 0.05) is 12.1 Å². The van der Waals surface area contributed by atoms with Gasteiger partial charge < -0.3 is 11.1 Å². The van der Waals surface area contributed by atoms with Crippen molar-refractivity contribution in [3.63, 3.8) is 0 Å². The number of piperidine rings is 1. The summed E-state index contributed by atoms with van der Waals surface area (Å²) in [6.07, 6.45) is 1.23. The van der Waals surface area contributed by atoms with Crippen LogP contribution in [0.4, 0.5) is 0 Å². The Morgan fingerprint density at radius 1 is 1.25 bits per heavy atom. The zero-order valence-electron chi connectivity index (χ0n) is 10.2. The van der Waals surface area contributed by atoms with Gasteiger partial charge in [0.15, 0.2) is 0 Å². The summed E-state index contributed by atoms with van der Waals surface area (Å²) >= 11 is 0. The largest absolute Gasteiger partial charge is 0.330 e. The molecule has 1 fully saturated rings. The zero-order chi connectivity index (χ0) is 11.5. The molecule has 0 aliphatic carbocycles. The zero-order valence-corrected chi connectivity index (χ0v) is 10.2. The van der Waals surface area contributed by atoms with Gasteiger partial charge in [-0.15, -0.1) is 0 Å². The minimum absolute atomic E-state index is 0.421. The molecule has 2 nitrogen and oxygen atoms in total. The molecule has 0 saturated carbocycles. The van der Waals surface area contributed by atoms with Crippen LogP contribution in [0, 0.1) is 11.8 Å². The van der Waals surface area contributed by atoms with E-state index in [-0.39, 0.29) is 0 Å². The van der Waals surface area contributed by atoms with Crippen LogP contribution in [-0.4, -0.2) is 12.6 Å². The van der Waals surface area contributed by atoms with E-state index in [9.17, 15) is 0 Å². The SMILES string of the molecule is CC1CC(C)C(CN)C(c2ccccc2)N1. The number of nitrogens with two attached hydrogens (primary N) is 1. The van der Waals surface area contributed by atoms with Gasteiger partial charge in [-0.1, -0.05) is 37.3 Å². The predicted molar refractivity (Wildman–Crippen MR) is 68.1 cm³/mol. The highest BCUT2D eigenvalue weighted by Crippen LogP contribution is 2.34. The normalized spacial score (nSPS) is 34.9. The Morgan fingerprint density at radius 2 is 1.94 bits per heavy atom. The number of rotatable bonds is 2. The maximum atomic E-state index is 5.93. The summed E-state index contributed by atoms with van der Waals surface area (Å²) in [7, 11) is 0. The second-order valence-electron chi connectivity index (χ2n) is 5.07. The first-order chi connectivity index (χ1) is 7.72. The summed E-state index contributed by atoms with van der Waals surface area (Å²) in [6, 6.07) is 11.7. The lowest BCUT2D eigenvalue weighted by Gasteiger charge is -2.40. The molecule has 1 aliphatic rings. The molecule has 88 valence electrons. The van der Waals surface area contributed by atoms with Crippen molar-refractivity contribution in [2.45, 2.75) is 32.4 Å². The molecular weight excluding hydrogens is 196 g/mol. The molecule has 1 aromatic rings. The first kappa shape index (κ1) is 11.6. The molecule has 16 heavy (non-hydrogen) atoms. The van der Waals surface area contributed by atoms with Crippen molar-refractivity contribution in [1.82, 2.24) is 5.32 Å². The van der Waals surface area contributed by atoms with Crippen LogP contribution >= 0.6 is 0 Å². The molecule has 1 saturated heterocycles. The Morgan fingerprint density at radius 3 is 2.56 bits per heavy atom. The number of hydrogen-bond acceptors (Lipinski definition) is 2. The van der Waals surface area contributed by atoms with Gasteiger partial charge in [-0.2, -0.15) is 0 Å². The molecule has 0 spiro atoms.